The smallest absolute Gasteiger partial charge is 0.253 e. The van der Waals surface area contributed by atoms with E-state index >= 15 is 0 Å². The van der Waals surface area contributed by atoms with E-state index in [-0.39, 0.29) is 18.4 Å². The molecule has 2 N–H and O–H groups in total. The second-order valence-electron chi connectivity index (χ2n) is 6.71. The monoisotopic (exact) mass is 392 g/mol. The third-order valence-corrected chi connectivity index (χ3v) is 4.56. The molecule has 0 radical (unpaired) electrons. The van der Waals surface area contributed by atoms with Gasteiger partial charge in [-0.15, -0.1) is 6.42 Å². The average molecular weight is 392 g/mol. The summed E-state index contributed by atoms with van der Waals surface area (Å²) in [6.07, 6.45) is 7.07. The highest BCUT2D eigenvalue weighted by atomic mass is 16.5. The van der Waals surface area contributed by atoms with Crippen LogP contribution in [0.5, 0.6) is 5.75 Å². The number of carbonyl (C=O) groups is 2. The Morgan fingerprint density at radius 3 is 2.76 bits per heavy atom. The third-order valence-electron chi connectivity index (χ3n) is 4.56. The first kappa shape index (κ1) is 20.4. The summed E-state index contributed by atoms with van der Waals surface area (Å²) in [5.74, 6) is 2.78. The third kappa shape index (κ3) is 6.09. The topological polar surface area (TPSA) is 76.7 Å². The average Bonchev–Trinajstić information content (AvgIpc) is 3.28. The zero-order chi connectivity index (χ0) is 20.5. The fraction of sp³-hybridized carbons (Fsp3) is 0.304. The Morgan fingerprint density at radius 2 is 2.03 bits per heavy atom. The highest BCUT2D eigenvalue weighted by Gasteiger charge is 2.23. The van der Waals surface area contributed by atoms with Crippen molar-refractivity contribution < 1.29 is 19.1 Å². The highest BCUT2D eigenvalue weighted by Crippen LogP contribution is 2.16. The van der Waals surface area contributed by atoms with E-state index in [9.17, 15) is 9.59 Å². The Bertz CT molecular complexity index is 880. The van der Waals surface area contributed by atoms with Crippen molar-refractivity contribution in [3.63, 3.8) is 0 Å². The van der Waals surface area contributed by atoms with Gasteiger partial charge >= 0.3 is 0 Å². The molecule has 0 saturated carbocycles. The van der Waals surface area contributed by atoms with Crippen LogP contribution < -0.4 is 15.4 Å². The lowest BCUT2D eigenvalue weighted by Gasteiger charge is -2.11. The molecule has 1 atom stereocenters. The molecule has 2 amide bonds. The van der Waals surface area contributed by atoms with E-state index in [1.54, 1.807) is 24.3 Å². The van der Waals surface area contributed by atoms with Crippen molar-refractivity contribution in [1.29, 1.82) is 0 Å². The first-order valence-electron chi connectivity index (χ1n) is 9.61. The number of carbonyl (C=O) groups excluding carboxylic acids is 2. The number of ether oxygens (including phenoxy) is 2. The normalized spacial score (nSPS) is 15.3. The van der Waals surface area contributed by atoms with Crippen LogP contribution in [0.4, 0.5) is 5.69 Å². The second-order valence-corrected chi connectivity index (χ2v) is 6.71. The maximum atomic E-state index is 12.4. The first-order chi connectivity index (χ1) is 14.2. The van der Waals surface area contributed by atoms with Crippen molar-refractivity contribution in [3.8, 4) is 18.1 Å². The lowest BCUT2D eigenvalue weighted by molar-refractivity contribution is -0.124. The Balaban J connectivity index is 1.48. The molecule has 2 aromatic carbocycles. The van der Waals surface area contributed by atoms with Crippen LogP contribution in [0.25, 0.3) is 0 Å². The summed E-state index contributed by atoms with van der Waals surface area (Å²) in [5.41, 5.74) is 2.16. The fourth-order valence-corrected chi connectivity index (χ4v) is 3.05. The molecule has 1 fully saturated rings. The van der Waals surface area contributed by atoms with E-state index in [1.165, 1.54) is 0 Å². The minimum Gasteiger partial charge on any atom is -0.481 e. The Labute approximate surface area is 170 Å². The van der Waals surface area contributed by atoms with Gasteiger partial charge in [-0.1, -0.05) is 24.1 Å². The van der Waals surface area contributed by atoms with Crippen LogP contribution >= 0.6 is 0 Å². The SMILES string of the molecule is C#CCOc1ccc(CCNC(=O)c2cccc(NC(=O)C3CCCO3)c2)cc1. The second kappa shape index (κ2) is 10.3. The summed E-state index contributed by atoms with van der Waals surface area (Å²) in [5, 5.41) is 5.71. The molecule has 0 bridgehead atoms. The van der Waals surface area contributed by atoms with Gasteiger partial charge in [0.05, 0.1) is 0 Å². The van der Waals surface area contributed by atoms with Gasteiger partial charge < -0.3 is 20.1 Å². The molecule has 0 aliphatic carbocycles. The van der Waals surface area contributed by atoms with Gasteiger partial charge in [0.25, 0.3) is 11.8 Å². The summed E-state index contributed by atoms with van der Waals surface area (Å²) in [6, 6.07) is 14.5. The summed E-state index contributed by atoms with van der Waals surface area (Å²) >= 11 is 0. The van der Waals surface area contributed by atoms with Gasteiger partial charge in [-0.3, -0.25) is 9.59 Å². The minimum atomic E-state index is -0.407. The van der Waals surface area contributed by atoms with E-state index in [2.05, 4.69) is 16.6 Å². The van der Waals surface area contributed by atoms with Gasteiger partial charge in [-0.2, -0.15) is 0 Å². The van der Waals surface area contributed by atoms with Crippen molar-refractivity contribution in [3.05, 3.63) is 59.7 Å². The van der Waals surface area contributed by atoms with Crippen LogP contribution in [-0.2, 0) is 16.0 Å². The quantitative estimate of drug-likeness (QED) is 0.678. The molecule has 1 saturated heterocycles. The molecular weight excluding hydrogens is 368 g/mol. The summed E-state index contributed by atoms with van der Waals surface area (Å²) in [6.45, 7) is 1.35. The van der Waals surface area contributed by atoms with Gasteiger partial charge in [0.1, 0.15) is 18.5 Å². The van der Waals surface area contributed by atoms with E-state index in [0.29, 0.717) is 30.8 Å². The summed E-state index contributed by atoms with van der Waals surface area (Å²) < 4.78 is 10.7. The minimum absolute atomic E-state index is 0.172. The van der Waals surface area contributed by atoms with Gasteiger partial charge in [-0.25, -0.2) is 0 Å². The zero-order valence-corrected chi connectivity index (χ0v) is 16.1. The van der Waals surface area contributed by atoms with Gasteiger partial charge in [-0.05, 0) is 55.2 Å². The molecule has 3 rings (SSSR count). The number of amides is 2. The number of terminal acetylenes is 1. The number of nitrogens with one attached hydrogen (secondary N) is 2. The largest absolute Gasteiger partial charge is 0.481 e. The molecule has 29 heavy (non-hydrogen) atoms. The lowest BCUT2D eigenvalue weighted by Crippen LogP contribution is -2.28. The number of hydrogen-bond acceptors (Lipinski definition) is 4. The molecule has 1 aliphatic heterocycles. The van der Waals surface area contributed by atoms with Gasteiger partial charge in [0.2, 0.25) is 0 Å². The van der Waals surface area contributed by atoms with Crippen molar-refractivity contribution >= 4 is 17.5 Å². The molecule has 6 nitrogen and oxygen atoms in total. The van der Waals surface area contributed by atoms with Crippen molar-refractivity contribution in [2.24, 2.45) is 0 Å². The Hall–Kier alpha value is -3.30. The molecule has 1 heterocycles. The molecule has 6 heteroatoms. The predicted octanol–water partition coefficient (Wildman–Crippen LogP) is 2.79. The zero-order valence-electron chi connectivity index (χ0n) is 16.1. The van der Waals surface area contributed by atoms with E-state index in [4.69, 9.17) is 15.9 Å². The molecule has 0 aromatic heterocycles. The molecule has 2 aromatic rings. The highest BCUT2D eigenvalue weighted by molar-refractivity contribution is 5.98. The lowest BCUT2D eigenvalue weighted by atomic mass is 10.1. The van der Waals surface area contributed by atoms with E-state index < -0.39 is 6.10 Å². The standard InChI is InChI=1S/C23H24N2O4/c1-2-14-28-20-10-8-17(9-11-20)12-13-24-22(26)18-5-3-6-19(16-18)25-23(27)21-7-4-15-29-21/h1,3,5-6,8-11,16,21H,4,7,12-15H2,(H,24,26)(H,25,27). The van der Waals surface area contributed by atoms with Crippen LogP contribution in [0.2, 0.25) is 0 Å². The van der Waals surface area contributed by atoms with Crippen LogP contribution in [0.3, 0.4) is 0 Å². The number of benzene rings is 2. The maximum absolute atomic E-state index is 12.4. The molecule has 0 spiro atoms. The maximum Gasteiger partial charge on any atom is 0.253 e. The van der Waals surface area contributed by atoms with Crippen LogP contribution in [0.1, 0.15) is 28.8 Å². The predicted molar refractivity (Wildman–Crippen MR) is 111 cm³/mol. The van der Waals surface area contributed by atoms with E-state index in [0.717, 1.165) is 24.2 Å². The molecule has 1 aliphatic rings. The molecule has 1 unspecified atom stereocenters. The van der Waals surface area contributed by atoms with Crippen LogP contribution in [-0.4, -0.2) is 37.7 Å². The van der Waals surface area contributed by atoms with Crippen molar-refractivity contribution in [1.82, 2.24) is 5.32 Å². The first-order valence-corrected chi connectivity index (χ1v) is 9.61. The fourth-order valence-electron chi connectivity index (χ4n) is 3.05. The van der Waals surface area contributed by atoms with Gasteiger partial charge in [0, 0.05) is 24.4 Å². The summed E-state index contributed by atoms with van der Waals surface area (Å²) in [7, 11) is 0. The number of hydrogen-bond donors (Lipinski definition) is 2. The van der Waals surface area contributed by atoms with Crippen LogP contribution in [0.15, 0.2) is 48.5 Å². The molecular formula is C23H24N2O4. The Morgan fingerprint density at radius 1 is 1.21 bits per heavy atom. The van der Waals surface area contributed by atoms with Crippen LogP contribution in [0, 0.1) is 12.3 Å². The Kier molecular flexibility index (Phi) is 7.26. The number of anilines is 1. The summed E-state index contributed by atoms with van der Waals surface area (Å²) in [4.78, 5) is 24.6. The number of rotatable bonds is 8. The van der Waals surface area contributed by atoms with Crippen molar-refractivity contribution in [2.75, 3.05) is 25.1 Å². The van der Waals surface area contributed by atoms with Gasteiger partial charge in [0.15, 0.2) is 0 Å². The van der Waals surface area contributed by atoms with Crippen molar-refractivity contribution in [2.45, 2.75) is 25.4 Å². The van der Waals surface area contributed by atoms with E-state index in [1.807, 2.05) is 24.3 Å². The molecule has 150 valence electrons.